The van der Waals surface area contributed by atoms with Crippen molar-refractivity contribution in [2.45, 2.75) is 64.3 Å². The smallest absolute Gasteiger partial charge is 0.332 e. The van der Waals surface area contributed by atoms with E-state index in [0.29, 0.717) is 23.8 Å². The number of carbonyl (C=O) groups is 1. The summed E-state index contributed by atoms with van der Waals surface area (Å²) in [6.45, 7) is 2.92. The van der Waals surface area contributed by atoms with Crippen LogP contribution >= 0.6 is 0 Å². The lowest BCUT2D eigenvalue weighted by Crippen LogP contribution is -2.44. The Morgan fingerprint density at radius 3 is 2.70 bits per heavy atom. The third kappa shape index (κ3) is 4.79. The molecule has 3 aromatic rings. The largest absolute Gasteiger partial charge is 0.490 e. The Balaban J connectivity index is 1.54. The summed E-state index contributed by atoms with van der Waals surface area (Å²) in [6.07, 6.45) is 5.16. The van der Waals surface area contributed by atoms with E-state index in [2.05, 4.69) is 16.8 Å². The molecule has 1 saturated heterocycles. The summed E-state index contributed by atoms with van der Waals surface area (Å²) >= 11 is 0. The van der Waals surface area contributed by atoms with Gasteiger partial charge in [0.2, 0.25) is 5.95 Å². The van der Waals surface area contributed by atoms with Crippen molar-refractivity contribution in [1.82, 2.24) is 18.7 Å². The van der Waals surface area contributed by atoms with Crippen LogP contribution in [0.3, 0.4) is 0 Å². The molecule has 1 unspecified atom stereocenters. The third-order valence-electron chi connectivity index (χ3n) is 7.18. The SMILES string of the molecule is CC#CCn1c(N2CCCC(N)C2)nc2c1c(=O)n(CC(=O)c1cccc(OC3CCC3)c1)c(=O)n2C. The number of piperidine rings is 1. The molecule has 0 radical (unpaired) electrons. The summed E-state index contributed by atoms with van der Waals surface area (Å²) < 4.78 is 9.95. The fraction of sp³-hybridized carbons (Fsp3) is 0.481. The molecule has 10 heteroatoms. The molecule has 3 heterocycles. The Morgan fingerprint density at radius 2 is 2.00 bits per heavy atom. The summed E-state index contributed by atoms with van der Waals surface area (Å²) in [5.74, 6) is 6.71. The van der Waals surface area contributed by atoms with E-state index in [4.69, 9.17) is 10.5 Å². The number of anilines is 1. The highest BCUT2D eigenvalue weighted by Crippen LogP contribution is 2.26. The summed E-state index contributed by atoms with van der Waals surface area (Å²) in [5.41, 5.74) is 5.94. The predicted molar refractivity (Wildman–Crippen MR) is 141 cm³/mol. The molecule has 2 aromatic heterocycles. The number of aromatic nitrogens is 4. The number of rotatable bonds is 7. The van der Waals surface area contributed by atoms with Crippen LogP contribution in [0, 0.1) is 11.8 Å². The second kappa shape index (κ2) is 10.3. The highest BCUT2D eigenvalue weighted by molar-refractivity contribution is 5.96. The van der Waals surface area contributed by atoms with Crippen LogP contribution in [-0.4, -0.2) is 49.7 Å². The number of fused-ring (bicyclic) bond motifs is 1. The molecule has 1 aliphatic heterocycles. The monoisotopic (exact) mass is 504 g/mol. The average Bonchev–Trinajstić information content (AvgIpc) is 3.26. The number of nitrogens with two attached hydrogens (primary N) is 1. The number of benzene rings is 1. The third-order valence-corrected chi connectivity index (χ3v) is 7.18. The van der Waals surface area contributed by atoms with Gasteiger partial charge in [0, 0.05) is 31.7 Å². The molecule has 1 saturated carbocycles. The van der Waals surface area contributed by atoms with Crippen molar-refractivity contribution in [2.75, 3.05) is 18.0 Å². The lowest BCUT2D eigenvalue weighted by atomic mass is 9.96. The number of hydrogen-bond donors (Lipinski definition) is 1. The van der Waals surface area contributed by atoms with E-state index in [0.717, 1.165) is 43.2 Å². The zero-order valence-corrected chi connectivity index (χ0v) is 21.3. The number of carbonyl (C=O) groups excluding carboxylic acids is 1. The Morgan fingerprint density at radius 1 is 1.19 bits per heavy atom. The highest BCUT2D eigenvalue weighted by Gasteiger charge is 2.27. The first kappa shape index (κ1) is 24.8. The van der Waals surface area contributed by atoms with Gasteiger partial charge in [-0.05, 0) is 51.2 Å². The van der Waals surface area contributed by atoms with Crippen LogP contribution < -0.4 is 26.6 Å². The number of aryl methyl sites for hydroxylation is 1. The molecule has 0 spiro atoms. The molecule has 5 rings (SSSR count). The number of nitrogens with zero attached hydrogens (tertiary/aromatic N) is 5. The summed E-state index contributed by atoms with van der Waals surface area (Å²) in [4.78, 5) is 46.9. The van der Waals surface area contributed by atoms with E-state index in [1.54, 1.807) is 36.7 Å². The van der Waals surface area contributed by atoms with Gasteiger partial charge in [-0.3, -0.25) is 23.3 Å². The molecule has 10 nitrogen and oxygen atoms in total. The van der Waals surface area contributed by atoms with Crippen molar-refractivity contribution < 1.29 is 9.53 Å². The zero-order valence-electron chi connectivity index (χ0n) is 21.3. The highest BCUT2D eigenvalue weighted by atomic mass is 16.5. The maximum absolute atomic E-state index is 13.7. The van der Waals surface area contributed by atoms with Gasteiger partial charge in [-0.2, -0.15) is 4.98 Å². The Kier molecular flexibility index (Phi) is 6.89. The van der Waals surface area contributed by atoms with E-state index in [1.807, 2.05) is 11.0 Å². The van der Waals surface area contributed by atoms with Crippen LogP contribution in [0.5, 0.6) is 5.75 Å². The van der Waals surface area contributed by atoms with Crippen molar-refractivity contribution in [1.29, 1.82) is 0 Å². The van der Waals surface area contributed by atoms with Gasteiger partial charge in [0.1, 0.15) is 5.75 Å². The maximum atomic E-state index is 13.7. The average molecular weight is 505 g/mol. The van der Waals surface area contributed by atoms with Gasteiger partial charge < -0.3 is 15.4 Å². The molecule has 0 bridgehead atoms. The molecule has 0 amide bonds. The van der Waals surface area contributed by atoms with E-state index in [1.165, 1.54) is 4.57 Å². The van der Waals surface area contributed by atoms with Gasteiger partial charge in [-0.1, -0.05) is 18.1 Å². The Hall–Kier alpha value is -3.84. The molecule has 1 aliphatic carbocycles. The molecular formula is C27H32N6O4. The number of ether oxygens (including phenoxy) is 1. The first-order chi connectivity index (χ1) is 17.9. The number of ketones is 1. The number of imidazole rings is 1. The molecule has 2 aliphatic rings. The fourth-order valence-electron chi connectivity index (χ4n) is 4.90. The first-order valence-electron chi connectivity index (χ1n) is 12.8. The minimum atomic E-state index is -0.596. The van der Waals surface area contributed by atoms with Crippen molar-refractivity contribution in [3.05, 3.63) is 50.7 Å². The van der Waals surface area contributed by atoms with Gasteiger partial charge in [0.15, 0.2) is 16.9 Å². The second-order valence-corrected chi connectivity index (χ2v) is 9.80. The maximum Gasteiger partial charge on any atom is 0.332 e. The zero-order chi connectivity index (χ0) is 26.1. The van der Waals surface area contributed by atoms with Crippen molar-refractivity contribution in [3.8, 4) is 17.6 Å². The van der Waals surface area contributed by atoms with E-state index in [-0.39, 0.29) is 42.2 Å². The van der Waals surface area contributed by atoms with E-state index < -0.39 is 11.2 Å². The molecular weight excluding hydrogens is 472 g/mol. The molecule has 1 aromatic carbocycles. The Bertz CT molecular complexity index is 1520. The minimum Gasteiger partial charge on any atom is -0.490 e. The van der Waals surface area contributed by atoms with Gasteiger partial charge in [0.05, 0.1) is 19.2 Å². The fourth-order valence-corrected chi connectivity index (χ4v) is 4.90. The molecule has 1 atom stereocenters. The van der Waals surface area contributed by atoms with Crippen LogP contribution in [0.1, 0.15) is 49.4 Å². The van der Waals surface area contributed by atoms with Gasteiger partial charge in [-0.25, -0.2) is 4.79 Å². The summed E-state index contributed by atoms with van der Waals surface area (Å²) in [6, 6.07) is 6.91. The molecule has 2 fully saturated rings. The van der Waals surface area contributed by atoms with Crippen molar-refractivity contribution in [2.24, 2.45) is 12.8 Å². The van der Waals surface area contributed by atoms with Crippen LogP contribution in [0.15, 0.2) is 33.9 Å². The Labute approximate surface area is 214 Å². The van der Waals surface area contributed by atoms with Crippen LogP contribution in [0.2, 0.25) is 0 Å². The standard InChI is InChI=1S/C27H32N6O4/c1-3-4-14-32-23-24(29-26(32)31-13-7-9-19(28)16-31)30(2)27(36)33(25(23)35)17-22(34)18-8-5-12-21(15-18)37-20-10-6-11-20/h5,8,12,15,19-20H,6-7,9-11,13-14,16-17,28H2,1-2H3. The minimum absolute atomic E-state index is 0.00130. The van der Waals surface area contributed by atoms with E-state index >= 15 is 0 Å². The van der Waals surface area contributed by atoms with Gasteiger partial charge in [-0.15, -0.1) is 5.92 Å². The molecule has 2 N–H and O–H groups in total. The van der Waals surface area contributed by atoms with Crippen LogP contribution in [-0.2, 0) is 20.1 Å². The number of hydrogen-bond acceptors (Lipinski definition) is 7. The lowest BCUT2D eigenvalue weighted by molar-refractivity contribution is 0.0965. The van der Waals surface area contributed by atoms with Crippen molar-refractivity contribution >= 4 is 22.9 Å². The predicted octanol–water partition coefficient (Wildman–Crippen LogP) is 1.66. The van der Waals surface area contributed by atoms with E-state index in [9.17, 15) is 14.4 Å². The van der Waals surface area contributed by atoms with Gasteiger partial charge >= 0.3 is 5.69 Å². The van der Waals surface area contributed by atoms with Crippen molar-refractivity contribution in [3.63, 3.8) is 0 Å². The number of Topliss-reactive ketones (excluding diaryl/α,β-unsaturated/α-hetero) is 1. The lowest BCUT2D eigenvalue weighted by Gasteiger charge is -2.31. The quantitative estimate of drug-likeness (QED) is 0.384. The van der Waals surface area contributed by atoms with Crippen LogP contribution in [0.4, 0.5) is 5.95 Å². The first-order valence-corrected chi connectivity index (χ1v) is 12.8. The normalized spacial score (nSPS) is 17.8. The topological polar surface area (TPSA) is 117 Å². The van der Waals surface area contributed by atoms with Gasteiger partial charge in [0.25, 0.3) is 5.56 Å². The summed E-state index contributed by atoms with van der Waals surface area (Å²) in [7, 11) is 1.56. The summed E-state index contributed by atoms with van der Waals surface area (Å²) in [5, 5.41) is 0. The molecule has 194 valence electrons. The molecule has 37 heavy (non-hydrogen) atoms. The van der Waals surface area contributed by atoms with Crippen LogP contribution in [0.25, 0.3) is 11.2 Å². The second-order valence-electron chi connectivity index (χ2n) is 9.80.